The van der Waals surface area contributed by atoms with Crippen LogP contribution in [0.4, 0.5) is 14.5 Å². The Bertz CT molecular complexity index is 616. The molecule has 1 aromatic heterocycles. The predicted octanol–water partition coefficient (Wildman–Crippen LogP) is 3.21. The van der Waals surface area contributed by atoms with Crippen LogP contribution in [0.3, 0.4) is 0 Å². The fraction of sp³-hybridized carbons (Fsp3) is 0.167. The lowest BCUT2D eigenvalue weighted by Gasteiger charge is -2.06. The summed E-state index contributed by atoms with van der Waals surface area (Å²) in [6.45, 7) is 2.24. The molecule has 0 saturated heterocycles. The molecular formula is C12H9F2N3S. The number of thiazole rings is 1. The maximum atomic E-state index is 13.6. The van der Waals surface area contributed by atoms with Crippen molar-refractivity contribution >= 4 is 17.0 Å². The lowest BCUT2D eigenvalue weighted by Crippen LogP contribution is -2.03. The van der Waals surface area contributed by atoms with Gasteiger partial charge >= 0.3 is 0 Å². The maximum absolute atomic E-state index is 13.6. The van der Waals surface area contributed by atoms with Gasteiger partial charge in [-0.05, 0) is 19.1 Å². The van der Waals surface area contributed by atoms with E-state index >= 15 is 0 Å². The second-order valence-electron chi connectivity index (χ2n) is 3.62. The molecule has 1 N–H and O–H groups in total. The Kier molecular flexibility index (Phi) is 3.53. The van der Waals surface area contributed by atoms with Crippen LogP contribution in [0.15, 0.2) is 18.3 Å². The molecule has 3 nitrogen and oxygen atoms in total. The average Bonchev–Trinajstić information content (AvgIpc) is 2.77. The highest BCUT2D eigenvalue weighted by atomic mass is 32.1. The van der Waals surface area contributed by atoms with Crippen molar-refractivity contribution in [1.29, 1.82) is 5.26 Å². The van der Waals surface area contributed by atoms with Gasteiger partial charge in [-0.3, -0.25) is 0 Å². The van der Waals surface area contributed by atoms with Crippen LogP contribution in [-0.2, 0) is 6.54 Å². The van der Waals surface area contributed by atoms with E-state index in [9.17, 15) is 8.78 Å². The van der Waals surface area contributed by atoms with Crippen LogP contribution in [0.1, 0.15) is 15.4 Å². The molecule has 0 aliphatic heterocycles. The van der Waals surface area contributed by atoms with Crippen LogP contribution in [0.2, 0.25) is 0 Å². The Labute approximate surface area is 107 Å². The standard InChI is InChI=1S/C12H9F2N3S/c1-7-5-17-10(18-7)6-16-9-3-2-8(4-15)11(13)12(9)14/h2-3,5,16H,6H2,1H3. The first-order valence-electron chi connectivity index (χ1n) is 5.15. The number of aryl methyl sites for hydroxylation is 1. The van der Waals surface area contributed by atoms with Gasteiger partial charge in [-0.1, -0.05) is 0 Å². The minimum atomic E-state index is -1.13. The van der Waals surface area contributed by atoms with Crippen molar-refractivity contribution in [3.05, 3.63) is 45.4 Å². The van der Waals surface area contributed by atoms with Crippen LogP contribution >= 0.6 is 11.3 Å². The van der Waals surface area contributed by atoms with Gasteiger partial charge in [0.15, 0.2) is 11.6 Å². The molecule has 0 radical (unpaired) electrons. The Morgan fingerprint density at radius 2 is 2.17 bits per heavy atom. The molecule has 0 amide bonds. The molecule has 2 aromatic rings. The molecule has 2 rings (SSSR count). The first kappa shape index (κ1) is 12.5. The van der Waals surface area contributed by atoms with Gasteiger partial charge in [-0.15, -0.1) is 11.3 Å². The highest BCUT2D eigenvalue weighted by Gasteiger charge is 2.13. The highest BCUT2D eigenvalue weighted by Crippen LogP contribution is 2.21. The Morgan fingerprint density at radius 1 is 1.39 bits per heavy atom. The first-order valence-corrected chi connectivity index (χ1v) is 5.96. The van der Waals surface area contributed by atoms with E-state index < -0.39 is 11.6 Å². The fourth-order valence-electron chi connectivity index (χ4n) is 1.43. The number of halogens is 2. The van der Waals surface area contributed by atoms with Crippen molar-refractivity contribution < 1.29 is 8.78 Å². The Hall–Kier alpha value is -2.00. The van der Waals surface area contributed by atoms with Gasteiger partial charge in [0.2, 0.25) is 0 Å². The molecule has 0 bridgehead atoms. The number of hydrogen-bond acceptors (Lipinski definition) is 4. The van der Waals surface area contributed by atoms with Crippen molar-refractivity contribution in [2.45, 2.75) is 13.5 Å². The molecule has 0 saturated carbocycles. The number of anilines is 1. The van der Waals surface area contributed by atoms with Crippen LogP contribution < -0.4 is 5.32 Å². The largest absolute Gasteiger partial charge is 0.376 e. The normalized spacial score (nSPS) is 10.1. The third kappa shape index (κ3) is 2.46. The second kappa shape index (κ2) is 5.10. The predicted molar refractivity (Wildman–Crippen MR) is 65.3 cm³/mol. The fourth-order valence-corrected chi connectivity index (χ4v) is 2.15. The molecule has 0 fully saturated rings. The topological polar surface area (TPSA) is 48.7 Å². The van der Waals surface area contributed by atoms with Gasteiger partial charge in [0.1, 0.15) is 11.1 Å². The molecule has 1 heterocycles. The van der Waals surface area contributed by atoms with Gasteiger partial charge in [-0.25, -0.2) is 13.8 Å². The van der Waals surface area contributed by atoms with Crippen molar-refractivity contribution in [3.63, 3.8) is 0 Å². The van der Waals surface area contributed by atoms with Gasteiger partial charge in [-0.2, -0.15) is 5.26 Å². The molecule has 6 heteroatoms. The highest BCUT2D eigenvalue weighted by molar-refractivity contribution is 7.11. The number of aromatic nitrogens is 1. The molecule has 0 atom stereocenters. The van der Waals surface area contributed by atoms with Crippen LogP contribution in [0.5, 0.6) is 0 Å². The monoisotopic (exact) mass is 265 g/mol. The number of nitrogens with zero attached hydrogens (tertiary/aromatic N) is 2. The summed E-state index contributed by atoms with van der Waals surface area (Å²) in [5.74, 6) is -2.17. The minimum absolute atomic E-state index is 0.0272. The summed E-state index contributed by atoms with van der Waals surface area (Å²) in [6.07, 6.45) is 1.72. The third-order valence-electron chi connectivity index (χ3n) is 2.30. The minimum Gasteiger partial charge on any atom is -0.376 e. The summed E-state index contributed by atoms with van der Waals surface area (Å²) in [6, 6.07) is 4.18. The van der Waals surface area contributed by atoms with Gasteiger partial charge in [0.25, 0.3) is 0 Å². The summed E-state index contributed by atoms with van der Waals surface area (Å²) in [5.41, 5.74) is -0.275. The first-order chi connectivity index (χ1) is 8.61. The molecule has 0 aliphatic rings. The van der Waals surface area contributed by atoms with E-state index in [4.69, 9.17) is 5.26 Å². The number of rotatable bonds is 3. The molecule has 92 valence electrons. The molecule has 0 spiro atoms. The van der Waals surface area contributed by atoms with E-state index in [1.54, 1.807) is 12.3 Å². The summed E-state index contributed by atoms with van der Waals surface area (Å²) in [7, 11) is 0. The van der Waals surface area contributed by atoms with E-state index in [2.05, 4.69) is 10.3 Å². The van der Waals surface area contributed by atoms with Crippen molar-refractivity contribution in [3.8, 4) is 6.07 Å². The van der Waals surface area contributed by atoms with E-state index in [1.165, 1.54) is 23.5 Å². The lowest BCUT2D eigenvalue weighted by molar-refractivity contribution is 0.508. The molecule has 18 heavy (non-hydrogen) atoms. The van der Waals surface area contributed by atoms with E-state index in [0.29, 0.717) is 6.54 Å². The molecular weight excluding hydrogens is 256 g/mol. The van der Waals surface area contributed by atoms with E-state index in [-0.39, 0.29) is 11.3 Å². The van der Waals surface area contributed by atoms with Gasteiger partial charge in [0, 0.05) is 11.1 Å². The molecule has 0 aliphatic carbocycles. The third-order valence-corrected chi connectivity index (χ3v) is 3.21. The summed E-state index contributed by atoms with van der Waals surface area (Å²) in [5, 5.41) is 12.1. The summed E-state index contributed by atoms with van der Waals surface area (Å²) < 4.78 is 26.9. The van der Waals surface area contributed by atoms with E-state index in [1.807, 2.05) is 6.92 Å². The van der Waals surface area contributed by atoms with Crippen molar-refractivity contribution in [2.24, 2.45) is 0 Å². The number of hydrogen-bond donors (Lipinski definition) is 1. The zero-order valence-electron chi connectivity index (χ0n) is 9.50. The second-order valence-corrected chi connectivity index (χ2v) is 4.94. The Balaban J connectivity index is 2.15. The molecule has 1 aromatic carbocycles. The number of benzene rings is 1. The van der Waals surface area contributed by atoms with Crippen LogP contribution in [0, 0.1) is 29.9 Å². The van der Waals surface area contributed by atoms with Crippen LogP contribution in [0.25, 0.3) is 0 Å². The van der Waals surface area contributed by atoms with Gasteiger partial charge in [0.05, 0.1) is 17.8 Å². The Morgan fingerprint density at radius 3 is 2.78 bits per heavy atom. The summed E-state index contributed by atoms with van der Waals surface area (Å²) in [4.78, 5) is 5.16. The van der Waals surface area contributed by atoms with Crippen molar-refractivity contribution in [2.75, 3.05) is 5.32 Å². The van der Waals surface area contributed by atoms with Crippen molar-refractivity contribution in [1.82, 2.24) is 4.98 Å². The van der Waals surface area contributed by atoms with E-state index in [0.717, 1.165) is 9.88 Å². The SMILES string of the molecule is Cc1cnc(CNc2ccc(C#N)c(F)c2F)s1. The zero-order valence-corrected chi connectivity index (χ0v) is 10.3. The van der Waals surface area contributed by atoms with Crippen LogP contribution in [-0.4, -0.2) is 4.98 Å². The lowest BCUT2D eigenvalue weighted by atomic mass is 10.2. The van der Waals surface area contributed by atoms with Gasteiger partial charge < -0.3 is 5.32 Å². The maximum Gasteiger partial charge on any atom is 0.183 e. The average molecular weight is 265 g/mol. The number of nitriles is 1. The summed E-state index contributed by atoms with van der Waals surface area (Å²) >= 11 is 1.48. The smallest absolute Gasteiger partial charge is 0.183 e. The number of nitrogens with one attached hydrogen (secondary N) is 1. The quantitative estimate of drug-likeness (QED) is 0.927. The zero-order chi connectivity index (χ0) is 13.1. The molecule has 0 unspecified atom stereocenters.